The van der Waals surface area contributed by atoms with E-state index in [1.165, 1.54) is 0 Å². The lowest BCUT2D eigenvalue weighted by atomic mass is 10.0. The molecule has 0 aliphatic heterocycles. The van der Waals surface area contributed by atoms with Crippen LogP contribution in [-0.2, 0) is 4.79 Å². The van der Waals surface area contributed by atoms with Crippen LogP contribution >= 0.6 is 0 Å². The van der Waals surface area contributed by atoms with E-state index in [4.69, 9.17) is 10.8 Å². The Morgan fingerprint density at radius 3 is 2.55 bits per heavy atom. The summed E-state index contributed by atoms with van der Waals surface area (Å²) in [4.78, 5) is 10.4. The maximum Gasteiger partial charge on any atom is 0.306 e. The second-order valence-electron chi connectivity index (χ2n) is 2.44. The van der Waals surface area contributed by atoms with Crippen molar-refractivity contribution in [3.8, 4) is 0 Å². The molecule has 0 rings (SSSR count). The molecule has 0 spiro atoms. The van der Waals surface area contributed by atoms with E-state index in [-0.39, 0.29) is 0 Å². The summed E-state index contributed by atoms with van der Waals surface area (Å²) in [7, 11) is 0. The summed E-state index contributed by atoms with van der Waals surface area (Å²) >= 11 is 0. The molecular formula is C7H14FNO2. The molecule has 0 aliphatic rings. The topological polar surface area (TPSA) is 63.3 Å². The molecule has 0 saturated carbocycles. The second-order valence-corrected chi connectivity index (χ2v) is 2.44. The van der Waals surface area contributed by atoms with Crippen molar-refractivity contribution in [2.45, 2.75) is 19.3 Å². The Labute approximate surface area is 65.4 Å². The Balaban J connectivity index is 3.60. The summed E-state index contributed by atoms with van der Waals surface area (Å²) in [5, 5.41) is 8.55. The number of rotatable bonds is 6. The molecule has 0 aromatic rings. The number of aliphatic carboxylic acids is 1. The molecule has 0 fully saturated rings. The third kappa shape index (κ3) is 4.72. The Morgan fingerprint density at radius 1 is 1.55 bits per heavy atom. The highest BCUT2D eigenvalue weighted by molar-refractivity contribution is 5.69. The van der Waals surface area contributed by atoms with Crippen molar-refractivity contribution < 1.29 is 14.3 Å². The van der Waals surface area contributed by atoms with Crippen LogP contribution in [0.4, 0.5) is 4.39 Å². The molecule has 0 bridgehead atoms. The number of hydrogen-bond acceptors (Lipinski definition) is 2. The Kier molecular flexibility index (Phi) is 5.74. The van der Waals surface area contributed by atoms with Crippen molar-refractivity contribution in [3.05, 3.63) is 0 Å². The summed E-state index contributed by atoms with van der Waals surface area (Å²) in [6.07, 6.45) is 1.15. The van der Waals surface area contributed by atoms with Gasteiger partial charge in [-0.1, -0.05) is 0 Å². The van der Waals surface area contributed by atoms with E-state index in [9.17, 15) is 9.18 Å². The number of nitrogens with two attached hydrogens (primary N) is 1. The number of halogens is 1. The smallest absolute Gasteiger partial charge is 0.306 e. The van der Waals surface area contributed by atoms with Gasteiger partial charge < -0.3 is 10.8 Å². The van der Waals surface area contributed by atoms with E-state index in [1.807, 2.05) is 0 Å². The first-order chi connectivity index (χ1) is 5.22. The second kappa shape index (κ2) is 6.09. The van der Waals surface area contributed by atoms with Gasteiger partial charge in [0.1, 0.15) is 0 Å². The van der Waals surface area contributed by atoms with Gasteiger partial charge in [-0.2, -0.15) is 0 Å². The quantitative estimate of drug-likeness (QED) is 0.608. The predicted molar refractivity (Wildman–Crippen MR) is 40.0 cm³/mol. The van der Waals surface area contributed by atoms with Crippen LogP contribution in [0.5, 0.6) is 0 Å². The maximum absolute atomic E-state index is 11.6. The fourth-order valence-electron chi connectivity index (χ4n) is 0.916. The van der Waals surface area contributed by atoms with Crippen LogP contribution in [-0.4, -0.2) is 24.3 Å². The molecule has 4 heteroatoms. The molecule has 0 aromatic carbocycles. The zero-order valence-corrected chi connectivity index (χ0v) is 6.42. The van der Waals surface area contributed by atoms with Gasteiger partial charge in [0.25, 0.3) is 0 Å². The molecule has 1 unspecified atom stereocenters. The van der Waals surface area contributed by atoms with Crippen LogP contribution in [0.25, 0.3) is 0 Å². The summed E-state index contributed by atoms with van der Waals surface area (Å²) in [5.74, 6) is -1.33. The number of carboxylic acid groups (broad SMARTS) is 1. The summed E-state index contributed by atoms with van der Waals surface area (Å²) in [6, 6.07) is 0. The molecule has 11 heavy (non-hydrogen) atoms. The van der Waals surface area contributed by atoms with Gasteiger partial charge >= 0.3 is 5.97 Å². The Bertz CT molecular complexity index is 119. The molecule has 0 saturated heterocycles. The molecular weight excluding hydrogens is 149 g/mol. The standard InChI is InChI=1S/C7H14FNO2/c8-4-1-2-6(3-5-9)7(10)11/h6H,1-5,9H2,(H,10,11). The van der Waals surface area contributed by atoms with E-state index in [0.717, 1.165) is 0 Å². The van der Waals surface area contributed by atoms with Crippen LogP contribution in [0.1, 0.15) is 19.3 Å². The number of hydrogen-bond donors (Lipinski definition) is 2. The third-order valence-corrected chi connectivity index (χ3v) is 1.55. The highest BCUT2D eigenvalue weighted by Crippen LogP contribution is 2.10. The fourth-order valence-corrected chi connectivity index (χ4v) is 0.916. The Hall–Kier alpha value is -0.640. The molecule has 3 N–H and O–H groups in total. The first kappa shape index (κ1) is 10.4. The van der Waals surface area contributed by atoms with Crippen molar-refractivity contribution in [2.24, 2.45) is 11.7 Å². The minimum Gasteiger partial charge on any atom is -0.481 e. The molecule has 66 valence electrons. The van der Waals surface area contributed by atoms with Gasteiger partial charge in [0.05, 0.1) is 12.6 Å². The molecule has 3 nitrogen and oxygen atoms in total. The zero-order valence-electron chi connectivity index (χ0n) is 6.42. The lowest BCUT2D eigenvalue weighted by Gasteiger charge is -2.08. The van der Waals surface area contributed by atoms with E-state index in [2.05, 4.69) is 0 Å². The highest BCUT2D eigenvalue weighted by Gasteiger charge is 2.15. The predicted octanol–water partition coefficient (Wildman–Crippen LogP) is 0.786. The zero-order chi connectivity index (χ0) is 8.69. The first-order valence-corrected chi connectivity index (χ1v) is 3.71. The number of alkyl halides is 1. The SMILES string of the molecule is NCCC(CCCF)C(=O)O. The van der Waals surface area contributed by atoms with Crippen molar-refractivity contribution in [2.75, 3.05) is 13.2 Å². The van der Waals surface area contributed by atoms with Gasteiger partial charge in [0.2, 0.25) is 0 Å². The molecule has 0 amide bonds. The lowest BCUT2D eigenvalue weighted by molar-refractivity contribution is -0.142. The van der Waals surface area contributed by atoms with Crippen molar-refractivity contribution in [3.63, 3.8) is 0 Å². The van der Waals surface area contributed by atoms with Gasteiger partial charge in [0, 0.05) is 0 Å². The van der Waals surface area contributed by atoms with Crippen molar-refractivity contribution in [1.29, 1.82) is 0 Å². The van der Waals surface area contributed by atoms with Crippen molar-refractivity contribution in [1.82, 2.24) is 0 Å². The summed E-state index contributed by atoms with van der Waals surface area (Å²) < 4.78 is 11.6. The minimum atomic E-state index is -0.871. The third-order valence-electron chi connectivity index (χ3n) is 1.55. The highest BCUT2D eigenvalue weighted by atomic mass is 19.1. The summed E-state index contributed by atoms with van der Waals surface area (Å²) in [6.45, 7) is -0.0996. The van der Waals surface area contributed by atoms with Crippen LogP contribution in [0.15, 0.2) is 0 Å². The average molecular weight is 163 g/mol. The van der Waals surface area contributed by atoms with Gasteiger partial charge in [-0.25, -0.2) is 0 Å². The van der Waals surface area contributed by atoms with Gasteiger partial charge in [-0.3, -0.25) is 9.18 Å². The monoisotopic (exact) mass is 163 g/mol. The number of carbonyl (C=O) groups is 1. The van der Waals surface area contributed by atoms with Crippen molar-refractivity contribution >= 4 is 5.97 Å². The van der Waals surface area contributed by atoms with E-state index < -0.39 is 18.6 Å². The minimum absolute atomic E-state index is 0.316. The fraction of sp³-hybridized carbons (Fsp3) is 0.857. The van der Waals surface area contributed by atoms with Crippen LogP contribution in [0.3, 0.4) is 0 Å². The van der Waals surface area contributed by atoms with E-state index in [0.29, 0.717) is 25.8 Å². The molecule has 0 heterocycles. The van der Waals surface area contributed by atoms with Crippen LogP contribution in [0.2, 0.25) is 0 Å². The number of carboxylic acids is 1. The maximum atomic E-state index is 11.6. The molecule has 0 aromatic heterocycles. The normalized spacial score (nSPS) is 12.9. The van der Waals surface area contributed by atoms with Crippen LogP contribution < -0.4 is 5.73 Å². The molecule has 0 radical (unpaired) electrons. The molecule has 1 atom stereocenters. The van der Waals surface area contributed by atoms with Crippen LogP contribution in [0, 0.1) is 5.92 Å². The Morgan fingerprint density at radius 2 is 2.18 bits per heavy atom. The lowest BCUT2D eigenvalue weighted by Crippen LogP contribution is -2.18. The van der Waals surface area contributed by atoms with Gasteiger partial charge in [-0.05, 0) is 25.8 Å². The average Bonchev–Trinajstić information content (AvgIpc) is 1.97. The molecule has 0 aliphatic carbocycles. The van der Waals surface area contributed by atoms with E-state index in [1.54, 1.807) is 0 Å². The summed E-state index contributed by atoms with van der Waals surface area (Å²) in [5.41, 5.74) is 5.18. The first-order valence-electron chi connectivity index (χ1n) is 3.71. The van der Waals surface area contributed by atoms with Gasteiger partial charge in [0.15, 0.2) is 0 Å². The van der Waals surface area contributed by atoms with Gasteiger partial charge in [-0.15, -0.1) is 0 Å². The van der Waals surface area contributed by atoms with E-state index >= 15 is 0 Å². The largest absolute Gasteiger partial charge is 0.481 e.